The van der Waals surface area contributed by atoms with Gasteiger partial charge in [-0.3, -0.25) is 0 Å². The molecule has 0 N–H and O–H groups in total. The highest BCUT2D eigenvalue weighted by Crippen LogP contribution is 2.33. The van der Waals surface area contributed by atoms with E-state index in [0.29, 0.717) is 13.2 Å². The summed E-state index contributed by atoms with van der Waals surface area (Å²) in [5.74, 6) is 3.53. The zero-order valence-electron chi connectivity index (χ0n) is 14.6. The molecule has 0 saturated heterocycles. The van der Waals surface area contributed by atoms with Gasteiger partial charge in [-0.15, -0.1) is 0 Å². The standard InChI is InChI=1S/C21H26O3/c1-3-19-20(23-14-16-8-9-16)6-5-7-21(19)24-15-17-10-12-18(13-11-17)22-4-2/h5-7,10-13,16H,3-4,8-9,14-15H2,1-2H3. The second-order valence-electron chi connectivity index (χ2n) is 6.21. The number of rotatable bonds is 9. The van der Waals surface area contributed by atoms with Crippen molar-refractivity contribution >= 4 is 0 Å². The molecule has 1 fully saturated rings. The van der Waals surface area contributed by atoms with E-state index in [2.05, 4.69) is 6.92 Å². The number of ether oxygens (including phenoxy) is 3. The van der Waals surface area contributed by atoms with Gasteiger partial charge >= 0.3 is 0 Å². The van der Waals surface area contributed by atoms with Crippen LogP contribution in [0.2, 0.25) is 0 Å². The monoisotopic (exact) mass is 326 g/mol. The number of hydrogen-bond donors (Lipinski definition) is 0. The second kappa shape index (κ2) is 8.09. The van der Waals surface area contributed by atoms with Crippen LogP contribution in [-0.4, -0.2) is 13.2 Å². The first kappa shape index (κ1) is 16.7. The summed E-state index contributed by atoms with van der Waals surface area (Å²) in [6.45, 7) is 6.19. The Labute approximate surface area is 144 Å². The van der Waals surface area contributed by atoms with Crippen molar-refractivity contribution in [1.29, 1.82) is 0 Å². The van der Waals surface area contributed by atoms with Gasteiger partial charge in [0.2, 0.25) is 0 Å². The molecule has 0 bridgehead atoms. The van der Waals surface area contributed by atoms with Gasteiger partial charge in [0.05, 0.1) is 13.2 Å². The average Bonchev–Trinajstić information content (AvgIpc) is 3.44. The smallest absolute Gasteiger partial charge is 0.126 e. The van der Waals surface area contributed by atoms with E-state index < -0.39 is 0 Å². The molecule has 0 aromatic heterocycles. The topological polar surface area (TPSA) is 27.7 Å². The van der Waals surface area contributed by atoms with Gasteiger partial charge in [-0.2, -0.15) is 0 Å². The highest BCUT2D eigenvalue weighted by Gasteiger charge is 2.22. The Morgan fingerprint density at radius 2 is 1.58 bits per heavy atom. The molecule has 0 radical (unpaired) electrons. The van der Waals surface area contributed by atoms with Crippen molar-refractivity contribution < 1.29 is 14.2 Å². The van der Waals surface area contributed by atoms with Crippen LogP contribution in [0.15, 0.2) is 42.5 Å². The number of hydrogen-bond acceptors (Lipinski definition) is 3. The quantitative estimate of drug-likeness (QED) is 0.648. The summed E-state index contributed by atoms with van der Waals surface area (Å²) in [6.07, 6.45) is 3.50. The minimum absolute atomic E-state index is 0.547. The van der Waals surface area contributed by atoms with E-state index in [1.54, 1.807) is 0 Å². The predicted molar refractivity (Wildman–Crippen MR) is 96.0 cm³/mol. The summed E-state index contributed by atoms with van der Waals surface area (Å²) in [6, 6.07) is 14.1. The van der Waals surface area contributed by atoms with E-state index in [0.717, 1.165) is 47.3 Å². The van der Waals surface area contributed by atoms with Gasteiger partial charge < -0.3 is 14.2 Å². The molecule has 3 rings (SSSR count). The largest absolute Gasteiger partial charge is 0.494 e. The van der Waals surface area contributed by atoms with Gasteiger partial charge in [0.15, 0.2) is 0 Å². The molecule has 2 aromatic rings. The van der Waals surface area contributed by atoms with Crippen molar-refractivity contribution in [3.63, 3.8) is 0 Å². The summed E-state index contributed by atoms with van der Waals surface area (Å²) in [5.41, 5.74) is 2.29. The maximum atomic E-state index is 6.06. The van der Waals surface area contributed by atoms with Gasteiger partial charge in [-0.25, -0.2) is 0 Å². The van der Waals surface area contributed by atoms with Crippen LogP contribution in [0, 0.1) is 5.92 Å². The van der Waals surface area contributed by atoms with Crippen molar-refractivity contribution in [3.8, 4) is 17.2 Å². The van der Waals surface area contributed by atoms with E-state index in [4.69, 9.17) is 14.2 Å². The molecular formula is C21H26O3. The van der Waals surface area contributed by atoms with E-state index in [-0.39, 0.29) is 0 Å². The van der Waals surface area contributed by atoms with E-state index in [9.17, 15) is 0 Å². The van der Waals surface area contributed by atoms with Crippen LogP contribution in [0.1, 0.15) is 37.8 Å². The fourth-order valence-electron chi connectivity index (χ4n) is 2.67. The van der Waals surface area contributed by atoms with E-state index >= 15 is 0 Å². The fraction of sp³-hybridized carbons (Fsp3) is 0.429. The van der Waals surface area contributed by atoms with Crippen molar-refractivity contribution in [1.82, 2.24) is 0 Å². The maximum Gasteiger partial charge on any atom is 0.126 e. The summed E-state index contributed by atoms with van der Waals surface area (Å²) in [7, 11) is 0. The Bertz CT molecular complexity index is 645. The van der Waals surface area contributed by atoms with Gasteiger partial charge in [0.1, 0.15) is 23.9 Å². The van der Waals surface area contributed by atoms with Crippen LogP contribution in [0.3, 0.4) is 0 Å². The molecule has 0 unspecified atom stereocenters. The Morgan fingerprint density at radius 1 is 0.875 bits per heavy atom. The van der Waals surface area contributed by atoms with Crippen LogP contribution < -0.4 is 14.2 Å². The zero-order chi connectivity index (χ0) is 16.8. The Balaban J connectivity index is 1.63. The molecule has 0 aliphatic heterocycles. The molecular weight excluding hydrogens is 300 g/mol. The lowest BCUT2D eigenvalue weighted by atomic mass is 10.1. The SMILES string of the molecule is CCOc1ccc(COc2cccc(OCC3CC3)c2CC)cc1. The van der Waals surface area contributed by atoms with Crippen molar-refractivity contribution in [3.05, 3.63) is 53.6 Å². The molecule has 0 heterocycles. The highest BCUT2D eigenvalue weighted by molar-refractivity contribution is 5.45. The second-order valence-corrected chi connectivity index (χ2v) is 6.21. The Hall–Kier alpha value is -2.16. The average molecular weight is 326 g/mol. The van der Waals surface area contributed by atoms with Crippen molar-refractivity contribution in [2.75, 3.05) is 13.2 Å². The lowest BCUT2D eigenvalue weighted by molar-refractivity contribution is 0.281. The van der Waals surface area contributed by atoms with Crippen LogP contribution in [-0.2, 0) is 13.0 Å². The first-order valence-electron chi connectivity index (χ1n) is 8.89. The summed E-state index contributed by atoms with van der Waals surface area (Å²) in [5, 5.41) is 0. The first-order chi connectivity index (χ1) is 11.8. The third-order valence-corrected chi connectivity index (χ3v) is 4.24. The third kappa shape index (κ3) is 4.44. The number of benzene rings is 2. The molecule has 128 valence electrons. The molecule has 3 nitrogen and oxygen atoms in total. The molecule has 0 atom stereocenters. The van der Waals surface area contributed by atoms with Crippen LogP contribution in [0.25, 0.3) is 0 Å². The zero-order valence-corrected chi connectivity index (χ0v) is 14.6. The van der Waals surface area contributed by atoms with Gasteiger partial charge in [-0.1, -0.05) is 25.1 Å². The Morgan fingerprint density at radius 3 is 2.21 bits per heavy atom. The van der Waals surface area contributed by atoms with Crippen LogP contribution in [0.5, 0.6) is 17.2 Å². The molecule has 24 heavy (non-hydrogen) atoms. The summed E-state index contributed by atoms with van der Waals surface area (Å²) < 4.78 is 17.5. The lowest BCUT2D eigenvalue weighted by Gasteiger charge is -2.15. The van der Waals surface area contributed by atoms with Crippen molar-refractivity contribution in [2.45, 2.75) is 39.7 Å². The van der Waals surface area contributed by atoms with Crippen LogP contribution >= 0.6 is 0 Å². The van der Waals surface area contributed by atoms with Crippen LogP contribution in [0.4, 0.5) is 0 Å². The maximum absolute atomic E-state index is 6.06. The van der Waals surface area contributed by atoms with E-state index in [1.165, 1.54) is 12.8 Å². The summed E-state index contributed by atoms with van der Waals surface area (Å²) >= 11 is 0. The third-order valence-electron chi connectivity index (χ3n) is 4.24. The van der Waals surface area contributed by atoms with Gasteiger partial charge in [0.25, 0.3) is 0 Å². The minimum atomic E-state index is 0.547. The molecule has 1 aliphatic rings. The Kier molecular flexibility index (Phi) is 5.63. The lowest BCUT2D eigenvalue weighted by Crippen LogP contribution is -2.04. The molecule has 0 amide bonds. The van der Waals surface area contributed by atoms with Crippen molar-refractivity contribution in [2.24, 2.45) is 5.92 Å². The highest BCUT2D eigenvalue weighted by atomic mass is 16.5. The molecule has 1 saturated carbocycles. The normalized spacial score (nSPS) is 13.6. The summed E-state index contributed by atoms with van der Waals surface area (Å²) in [4.78, 5) is 0. The molecule has 2 aromatic carbocycles. The minimum Gasteiger partial charge on any atom is -0.494 e. The fourth-order valence-corrected chi connectivity index (χ4v) is 2.67. The van der Waals surface area contributed by atoms with Gasteiger partial charge in [0, 0.05) is 5.56 Å². The molecule has 1 aliphatic carbocycles. The van der Waals surface area contributed by atoms with E-state index in [1.807, 2.05) is 49.4 Å². The molecule has 0 spiro atoms. The predicted octanol–water partition coefficient (Wildman–Crippen LogP) is 5.02. The molecule has 3 heteroatoms. The first-order valence-corrected chi connectivity index (χ1v) is 8.89. The van der Waals surface area contributed by atoms with Gasteiger partial charge in [-0.05, 0) is 61.9 Å².